The second-order valence-corrected chi connectivity index (χ2v) is 5.97. The minimum absolute atomic E-state index is 0.00987. The van der Waals surface area contributed by atoms with Gasteiger partial charge < -0.3 is 9.57 Å². The van der Waals surface area contributed by atoms with E-state index in [1.165, 1.54) is 13.2 Å². The highest BCUT2D eigenvalue weighted by Gasteiger charge is 2.59. The quantitative estimate of drug-likeness (QED) is 0.472. The van der Waals surface area contributed by atoms with Crippen molar-refractivity contribution in [1.82, 2.24) is 0 Å². The first-order valence-corrected chi connectivity index (χ1v) is 7.74. The van der Waals surface area contributed by atoms with E-state index in [4.69, 9.17) is 21.2 Å². The molecule has 1 aromatic carbocycles. The van der Waals surface area contributed by atoms with Gasteiger partial charge in [0.25, 0.3) is 0 Å². The van der Waals surface area contributed by atoms with Crippen LogP contribution in [-0.4, -0.2) is 29.6 Å². The average molecular weight is 355 g/mol. The van der Waals surface area contributed by atoms with Crippen LogP contribution in [0, 0.1) is 11.7 Å². The number of halogens is 2. The van der Waals surface area contributed by atoms with E-state index in [1.807, 2.05) is 0 Å². The summed E-state index contributed by atoms with van der Waals surface area (Å²) in [7, 11) is 1.31. The monoisotopic (exact) mass is 354 g/mol. The number of nitrogens with zero attached hydrogens (tertiary/aromatic N) is 2. The molecule has 0 spiro atoms. The predicted molar refractivity (Wildman–Crippen MR) is 85.8 cm³/mol. The SMILES string of the molecule is COC(=O)C12CCCC1C(c1cc(N=C=S)c(F)cc1Cl)=NO2. The van der Waals surface area contributed by atoms with Gasteiger partial charge in [-0.15, -0.1) is 0 Å². The molecule has 8 heteroatoms. The Kier molecular flexibility index (Phi) is 4.19. The lowest BCUT2D eigenvalue weighted by Crippen LogP contribution is -2.43. The van der Waals surface area contributed by atoms with E-state index >= 15 is 0 Å². The zero-order valence-corrected chi connectivity index (χ0v) is 13.7. The van der Waals surface area contributed by atoms with Gasteiger partial charge in [-0.05, 0) is 37.2 Å². The Morgan fingerprint density at radius 2 is 2.43 bits per heavy atom. The minimum atomic E-state index is -1.12. The van der Waals surface area contributed by atoms with Gasteiger partial charge in [-0.25, -0.2) is 9.18 Å². The van der Waals surface area contributed by atoms with Crippen molar-refractivity contribution in [2.45, 2.75) is 24.9 Å². The molecule has 5 nitrogen and oxygen atoms in total. The summed E-state index contributed by atoms with van der Waals surface area (Å²) >= 11 is 10.7. The Balaban J connectivity index is 2.05. The lowest BCUT2D eigenvalue weighted by Gasteiger charge is -2.23. The third-order valence-electron chi connectivity index (χ3n) is 4.25. The first-order valence-electron chi connectivity index (χ1n) is 6.95. The van der Waals surface area contributed by atoms with Gasteiger partial charge in [-0.1, -0.05) is 16.8 Å². The number of benzene rings is 1. The molecular weight excluding hydrogens is 343 g/mol. The van der Waals surface area contributed by atoms with Gasteiger partial charge in [-0.3, -0.25) is 0 Å². The third kappa shape index (κ3) is 2.45. The maximum absolute atomic E-state index is 13.8. The number of aliphatic imine (C=N–C) groups is 1. The molecule has 0 bridgehead atoms. The number of isothiocyanates is 1. The van der Waals surface area contributed by atoms with Crippen LogP contribution in [0.15, 0.2) is 22.3 Å². The van der Waals surface area contributed by atoms with Crippen LogP contribution in [0.1, 0.15) is 24.8 Å². The minimum Gasteiger partial charge on any atom is -0.466 e. The summed E-state index contributed by atoms with van der Waals surface area (Å²) in [6.07, 6.45) is 2.01. The zero-order valence-electron chi connectivity index (χ0n) is 12.1. The Bertz CT molecular complexity index is 763. The fourth-order valence-corrected chi connectivity index (χ4v) is 3.54. The molecule has 1 fully saturated rings. The van der Waals surface area contributed by atoms with Crippen molar-refractivity contribution in [2.75, 3.05) is 7.11 Å². The Hall–Kier alpha value is -1.82. The van der Waals surface area contributed by atoms with Gasteiger partial charge in [0.15, 0.2) is 5.82 Å². The van der Waals surface area contributed by atoms with E-state index in [9.17, 15) is 9.18 Å². The molecule has 1 aromatic rings. The molecule has 0 saturated heterocycles. The van der Waals surface area contributed by atoms with Gasteiger partial charge in [0, 0.05) is 12.0 Å². The van der Waals surface area contributed by atoms with Crippen molar-refractivity contribution < 1.29 is 18.8 Å². The van der Waals surface area contributed by atoms with Crippen LogP contribution in [0.4, 0.5) is 10.1 Å². The maximum Gasteiger partial charge on any atom is 0.353 e. The molecule has 23 heavy (non-hydrogen) atoms. The topological polar surface area (TPSA) is 60.2 Å². The summed E-state index contributed by atoms with van der Waals surface area (Å²) in [5.41, 5.74) is -0.140. The van der Waals surface area contributed by atoms with E-state index in [1.54, 1.807) is 0 Å². The van der Waals surface area contributed by atoms with Crippen molar-refractivity contribution in [2.24, 2.45) is 16.1 Å². The number of hydrogen-bond acceptors (Lipinski definition) is 6. The molecule has 0 radical (unpaired) electrons. The van der Waals surface area contributed by atoms with Gasteiger partial charge in [0.1, 0.15) is 5.69 Å². The number of carbonyl (C=O) groups is 1. The molecular formula is C15H12ClFN2O3S. The van der Waals surface area contributed by atoms with E-state index in [2.05, 4.69) is 27.5 Å². The molecule has 1 aliphatic carbocycles. The number of ether oxygens (including phenoxy) is 1. The second kappa shape index (κ2) is 6.00. The van der Waals surface area contributed by atoms with Gasteiger partial charge in [0.2, 0.25) is 5.60 Å². The van der Waals surface area contributed by atoms with Crippen LogP contribution in [0.5, 0.6) is 0 Å². The third-order valence-corrected chi connectivity index (χ3v) is 4.65. The van der Waals surface area contributed by atoms with Gasteiger partial charge >= 0.3 is 5.97 Å². The molecule has 1 heterocycles. The molecule has 1 aliphatic heterocycles. The van der Waals surface area contributed by atoms with Gasteiger partial charge in [-0.2, -0.15) is 4.99 Å². The summed E-state index contributed by atoms with van der Waals surface area (Å²) in [5.74, 6) is -1.36. The number of hydrogen-bond donors (Lipinski definition) is 0. The summed E-state index contributed by atoms with van der Waals surface area (Å²) in [4.78, 5) is 21.3. The molecule has 1 saturated carbocycles. The largest absolute Gasteiger partial charge is 0.466 e. The number of fused-ring (bicyclic) bond motifs is 1. The highest BCUT2D eigenvalue weighted by atomic mass is 35.5. The molecule has 2 unspecified atom stereocenters. The van der Waals surface area contributed by atoms with Crippen LogP contribution in [0.25, 0.3) is 0 Å². The van der Waals surface area contributed by atoms with Crippen LogP contribution >= 0.6 is 23.8 Å². The highest BCUT2D eigenvalue weighted by molar-refractivity contribution is 7.78. The van der Waals surface area contributed by atoms with E-state index in [-0.39, 0.29) is 16.6 Å². The molecule has 0 N–H and O–H groups in total. The molecule has 2 atom stereocenters. The zero-order chi connectivity index (χ0) is 16.6. The van der Waals surface area contributed by atoms with Crippen molar-refractivity contribution >= 4 is 46.3 Å². The average Bonchev–Trinajstić information content (AvgIpc) is 3.09. The summed E-state index contributed by atoms with van der Waals surface area (Å²) < 4.78 is 18.7. The molecule has 2 aliphatic rings. The van der Waals surface area contributed by atoms with Crippen LogP contribution in [-0.2, 0) is 14.4 Å². The van der Waals surface area contributed by atoms with Crippen molar-refractivity contribution in [3.8, 4) is 0 Å². The smallest absolute Gasteiger partial charge is 0.353 e. The summed E-state index contributed by atoms with van der Waals surface area (Å²) in [6.45, 7) is 0. The van der Waals surface area contributed by atoms with Gasteiger partial charge in [0.05, 0.1) is 28.9 Å². The van der Waals surface area contributed by atoms with E-state index in [0.29, 0.717) is 24.1 Å². The fraction of sp³-hybridized carbons (Fsp3) is 0.400. The van der Waals surface area contributed by atoms with Crippen molar-refractivity contribution in [3.05, 3.63) is 28.5 Å². The molecule has 120 valence electrons. The van der Waals surface area contributed by atoms with Crippen molar-refractivity contribution in [3.63, 3.8) is 0 Å². The number of oxime groups is 1. The first-order chi connectivity index (χ1) is 11.0. The fourth-order valence-electron chi connectivity index (χ4n) is 3.20. The highest BCUT2D eigenvalue weighted by Crippen LogP contribution is 2.47. The predicted octanol–water partition coefficient (Wildman–Crippen LogP) is 3.66. The first kappa shape index (κ1) is 16.1. The molecule has 0 amide bonds. The van der Waals surface area contributed by atoms with Crippen LogP contribution < -0.4 is 0 Å². The standard InChI is InChI=1S/C15H12ClFN2O3S/c1-21-14(20)15-4-2-3-9(15)13(19-22-15)8-5-12(18-7-23)11(17)6-10(8)16/h5-6,9H,2-4H2,1H3. The van der Waals surface area contributed by atoms with Crippen LogP contribution in [0.3, 0.4) is 0 Å². The Labute approximate surface area is 142 Å². The number of methoxy groups -OCH3 is 1. The maximum atomic E-state index is 13.8. The Morgan fingerprint density at radius 1 is 1.65 bits per heavy atom. The molecule has 3 rings (SSSR count). The van der Waals surface area contributed by atoms with Crippen molar-refractivity contribution in [1.29, 1.82) is 0 Å². The van der Waals surface area contributed by atoms with Crippen LogP contribution in [0.2, 0.25) is 5.02 Å². The van der Waals surface area contributed by atoms with E-state index < -0.39 is 17.4 Å². The summed E-state index contributed by atoms with van der Waals surface area (Å²) in [6, 6.07) is 2.57. The number of esters is 1. The summed E-state index contributed by atoms with van der Waals surface area (Å²) in [5, 5.41) is 6.33. The number of thiocarbonyl (C=S) groups is 1. The number of rotatable bonds is 3. The Morgan fingerprint density at radius 3 is 3.13 bits per heavy atom. The lowest BCUT2D eigenvalue weighted by molar-refractivity contribution is -0.168. The van der Waals surface area contributed by atoms with E-state index in [0.717, 1.165) is 12.5 Å². The second-order valence-electron chi connectivity index (χ2n) is 5.38. The number of carbonyl (C=O) groups excluding carboxylic acids is 1. The molecule has 0 aromatic heterocycles. The lowest BCUT2D eigenvalue weighted by atomic mass is 9.84. The normalized spacial score (nSPS) is 25.2.